The average molecular weight is 309 g/mol. The summed E-state index contributed by atoms with van der Waals surface area (Å²) in [6.45, 7) is 0. The molecule has 23 heavy (non-hydrogen) atoms. The Balaban J connectivity index is 1.79. The molecule has 0 spiro atoms. The second kappa shape index (κ2) is 5.99. The van der Waals surface area contributed by atoms with E-state index in [4.69, 9.17) is 4.52 Å². The van der Waals surface area contributed by atoms with Crippen LogP contribution in [0.1, 0.15) is 44.6 Å². The fourth-order valence-electron chi connectivity index (χ4n) is 3.42. The van der Waals surface area contributed by atoms with Crippen LogP contribution in [0.3, 0.4) is 0 Å². The Kier molecular flexibility index (Phi) is 3.69. The van der Waals surface area contributed by atoms with Crippen molar-refractivity contribution in [2.24, 2.45) is 0 Å². The average Bonchev–Trinajstić information content (AvgIpc) is 2.84. The molecule has 0 radical (unpaired) electrons. The van der Waals surface area contributed by atoms with Crippen molar-refractivity contribution in [3.8, 4) is 11.3 Å². The molecule has 0 atom stereocenters. The van der Waals surface area contributed by atoms with Gasteiger partial charge < -0.3 is 4.52 Å². The van der Waals surface area contributed by atoms with E-state index < -0.39 is 0 Å². The summed E-state index contributed by atoms with van der Waals surface area (Å²) in [5, 5.41) is 4.00. The normalized spacial score (nSPS) is 16.5. The topological polar surface area (TPSA) is 60.9 Å². The highest BCUT2D eigenvalue weighted by Crippen LogP contribution is 2.28. The number of nitrogens with zero attached hydrogens (tertiary/aromatic N) is 3. The van der Waals surface area contributed by atoms with E-state index in [-0.39, 0.29) is 11.6 Å². The lowest BCUT2D eigenvalue weighted by molar-refractivity contribution is 0.424. The standard InChI is InChI=1S/C18H19N3O2/c22-18-16-15(17(23-20-16)13-8-4-3-5-9-13)19-12-21(18)14-10-6-1-2-7-11-14/h3-5,8-9,12,14H,1-2,6-7,10-11H2. The van der Waals surface area contributed by atoms with Crippen molar-refractivity contribution in [3.05, 3.63) is 47.0 Å². The molecule has 0 saturated heterocycles. The zero-order valence-electron chi connectivity index (χ0n) is 12.9. The lowest BCUT2D eigenvalue weighted by Gasteiger charge is -2.16. The van der Waals surface area contributed by atoms with E-state index in [1.54, 1.807) is 10.9 Å². The van der Waals surface area contributed by atoms with Crippen molar-refractivity contribution in [2.45, 2.75) is 44.6 Å². The maximum Gasteiger partial charge on any atom is 0.283 e. The summed E-state index contributed by atoms with van der Waals surface area (Å²) in [6.07, 6.45) is 8.59. The molecule has 1 aliphatic rings. The zero-order valence-corrected chi connectivity index (χ0v) is 12.9. The molecule has 118 valence electrons. The van der Waals surface area contributed by atoms with Crippen LogP contribution in [0.25, 0.3) is 22.4 Å². The van der Waals surface area contributed by atoms with Crippen molar-refractivity contribution in [2.75, 3.05) is 0 Å². The minimum Gasteiger partial charge on any atom is -0.353 e. The minimum absolute atomic E-state index is 0.0900. The highest BCUT2D eigenvalue weighted by Gasteiger charge is 2.20. The smallest absolute Gasteiger partial charge is 0.283 e. The van der Waals surface area contributed by atoms with Gasteiger partial charge in [0.2, 0.25) is 0 Å². The van der Waals surface area contributed by atoms with Crippen molar-refractivity contribution >= 4 is 11.0 Å². The van der Waals surface area contributed by atoms with Gasteiger partial charge in [-0.1, -0.05) is 61.2 Å². The Morgan fingerprint density at radius 2 is 1.74 bits per heavy atom. The third kappa shape index (κ3) is 2.56. The second-order valence-electron chi connectivity index (χ2n) is 6.18. The summed E-state index contributed by atoms with van der Waals surface area (Å²) in [5.74, 6) is 0.561. The van der Waals surface area contributed by atoms with E-state index in [0.717, 1.165) is 18.4 Å². The van der Waals surface area contributed by atoms with Gasteiger partial charge >= 0.3 is 0 Å². The fourth-order valence-corrected chi connectivity index (χ4v) is 3.42. The summed E-state index contributed by atoms with van der Waals surface area (Å²) in [4.78, 5) is 17.3. The van der Waals surface area contributed by atoms with Gasteiger partial charge in [-0.15, -0.1) is 0 Å². The van der Waals surface area contributed by atoms with E-state index in [0.29, 0.717) is 16.8 Å². The predicted molar refractivity (Wildman–Crippen MR) is 88.2 cm³/mol. The lowest BCUT2D eigenvalue weighted by Crippen LogP contribution is -2.25. The van der Waals surface area contributed by atoms with Crippen LogP contribution >= 0.6 is 0 Å². The molecule has 1 aliphatic carbocycles. The molecule has 0 aliphatic heterocycles. The van der Waals surface area contributed by atoms with Gasteiger partial charge in [0.1, 0.15) is 5.52 Å². The third-order valence-corrected chi connectivity index (χ3v) is 4.67. The molecule has 5 heteroatoms. The molecule has 4 rings (SSSR count). The van der Waals surface area contributed by atoms with Crippen LogP contribution in [0, 0.1) is 0 Å². The van der Waals surface area contributed by atoms with E-state index >= 15 is 0 Å². The maximum absolute atomic E-state index is 12.8. The molecule has 0 unspecified atom stereocenters. The van der Waals surface area contributed by atoms with E-state index in [2.05, 4.69) is 10.1 Å². The Morgan fingerprint density at radius 3 is 2.48 bits per heavy atom. The Labute approximate surface area is 133 Å². The predicted octanol–water partition coefficient (Wildman–Crippen LogP) is 3.95. The van der Waals surface area contributed by atoms with Gasteiger partial charge in [-0.3, -0.25) is 9.36 Å². The van der Waals surface area contributed by atoms with Crippen LogP contribution in [-0.4, -0.2) is 14.7 Å². The quantitative estimate of drug-likeness (QED) is 0.673. The van der Waals surface area contributed by atoms with Gasteiger partial charge in [-0.25, -0.2) is 4.98 Å². The van der Waals surface area contributed by atoms with Crippen molar-refractivity contribution in [1.82, 2.24) is 14.7 Å². The minimum atomic E-state index is -0.0900. The molecule has 2 aromatic heterocycles. The fraction of sp³-hybridized carbons (Fsp3) is 0.389. The van der Waals surface area contributed by atoms with Crippen LogP contribution in [-0.2, 0) is 0 Å². The number of fused-ring (bicyclic) bond motifs is 1. The summed E-state index contributed by atoms with van der Waals surface area (Å²) in [5.41, 5.74) is 1.67. The molecule has 3 aromatic rings. The molecule has 5 nitrogen and oxygen atoms in total. The molecule has 1 saturated carbocycles. The monoisotopic (exact) mass is 309 g/mol. The third-order valence-electron chi connectivity index (χ3n) is 4.67. The SMILES string of the molecule is O=c1c2noc(-c3ccccc3)c2ncn1C1CCCCCC1. The summed E-state index contributed by atoms with van der Waals surface area (Å²) in [7, 11) is 0. The van der Waals surface area contributed by atoms with E-state index in [9.17, 15) is 4.79 Å². The molecular weight excluding hydrogens is 290 g/mol. The van der Waals surface area contributed by atoms with Gasteiger partial charge in [0.05, 0.1) is 6.33 Å². The lowest BCUT2D eigenvalue weighted by atomic mass is 10.1. The Morgan fingerprint density at radius 1 is 1.00 bits per heavy atom. The van der Waals surface area contributed by atoms with Gasteiger partial charge in [0, 0.05) is 11.6 Å². The number of aromatic nitrogens is 3. The molecule has 0 N–H and O–H groups in total. The summed E-state index contributed by atoms with van der Waals surface area (Å²) < 4.78 is 7.18. The summed E-state index contributed by atoms with van der Waals surface area (Å²) >= 11 is 0. The van der Waals surface area contributed by atoms with Crippen LogP contribution < -0.4 is 5.56 Å². The molecule has 0 amide bonds. The molecule has 1 aromatic carbocycles. The second-order valence-corrected chi connectivity index (χ2v) is 6.18. The van der Waals surface area contributed by atoms with Crippen LogP contribution in [0.15, 0.2) is 46.0 Å². The van der Waals surface area contributed by atoms with Crippen molar-refractivity contribution in [1.29, 1.82) is 0 Å². The molecule has 1 fully saturated rings. The van der Waals surface area contributed by atoms with E-state index in [1.165, 1.54) is 25.7 Å². The first-order chi connectivity index (χ1) is 11.3. The maximum atomic E-state index is 12.8. The number of rotatable bonds is 2. The molecule has 2 heterocycles. The Hall–Kier alpha value is -2.43. The summed E-state index contributed by atoms with van der Waals surface area (Å²) in [6, 6.07) is 9.89. The van der Waals surface area contributed by atoms with E-state index in [1.807, 2.05) is 30.3 Å². The first-order valence-electron chi connectivity index (χ1n) is 8.26. The number of hydrogen-bond donors (Lipinski definition) is 0. The first-order valence-corrected chi connectivity index (χ1v) is 8.26. The Bertz CT molecular complexity index is 859. The van der Waals surface area contributed by atoms with Crippen molar-refractivity contribution < 1.29 is 4.52 Å². The largest absolute Gasteiger partial charge is 0.353 e. The van der Waals surface area contributed by atoms with Crippen LogP contribution in [0.5, 0.6) is 0 Å². The number of hydrogen-bond acceptors (Lipinski definition) is 4. The number of benzene rings is 1. The van der Waals surface area contributed by atoms with Gasteiger partial charge in [0.25, 0.3) is 5.56 Å². The van der Waals surface area contributed by atoms with Gasteiger partial charge in [0.15, 0.2) is 11.3 Å². The van der Waals surface area contributed by atoms with Crippen LogP contribution in [0.4, 0.5) is 0 Å². The molecular formula is C18H19N3O2. The zero-order chi connectivity index (χ0) is 15.6. The highest BCUT2D eigenvalue weighted by molar-refractivity contribution is 5.87. The van der Waals surface area contributed by atoms with Gasteiger partial charge in [-0.2, -0.15) is 0 Å². The van der Waals surface area contributed by atoms with Crippen molar-refractivity contribution in [3.63, 3.8) is 0 Å². The first kappa shape index (κ1) is 14.2. The molecule has 0 bridgehead atoms. The van der Waals surface area contributed by atoms with Crippen LogP contribution in [0.2, 0.25) is 0 Å². The highest BCUT2D eigenvalue weighted by atomic mass is 16.5. The van der Waals surface area contributed by atoms with Gasteiger partial charge in [-0.05, 0) is 12.8 Å².